The van der Waals surface area contributed by atoms with Crippen LogP contribution < -0.4 is 0 Å². The van der Waals surface area contributed by atoms with Crippen molar-refractivity contribution in [2.75, 3.05) is 0 Å². The minimum atomic E-state index is -4.64. The molecule has 0 saturated heterocycles. The van der Waals surface area contributed by atoms with E-state index >= 15 is 0 Å². The Morgan fingerprint density at radius 2 is 1.71 bits per heavy atom. The molecule has 4 N–H and O–H groups in total. The van der Waals surface area contributed by atoms with Crippen LogP contribution in [0.15, 0.2) is 24.3 Å². The van der Waals surface area contributed by atoms with Crippen LogP contribution in [0.4, 0.5) is 0 Å². The maximum absolute atomic E-state index is 9.50. The maximum atomic E-state index is 9.50. The third-order valence-corrected chi connectivity index (χ3v) is 1.87. The topological polar surface area (TPSA) is 98.0 Å². The monoisotopic (exact) mass is 222 g/mol. The van der Waals surface area contributed by atoms with Crippen molar-refractivity contribution in [1.29, 1.82) is 0 Å². The van der Waals surface area contributed by atoms with E-state index in [2.05, 4.69) is 0 Å². The van der Waals surface area contributed by atoms with Gasteiger partial charge in [-0.2, -0.15) is 0 Å². The molecular weight excluding hydrogens is 207 g/mol. The van der Waals surface area contributed by atoms with Crippen LogP contribution in [0.2, 0.25) is 0 Å². The molecule has 0 aromatic carbocycles. The normalized spacial score (nSPS) is 30.9. The second-order valence-corrected chi connectivity index (χ2v) is 4.30. The smallest absolute Gasteiger partial charge is 0.385 e. The van der Waals surface area contributed by atoms with E-state index in [1.54, 1.807) is 0 Å². The van der Waals surface area contributed by atoms with Crippen molar-refractivity contribution in [3.8, 4) is 0 Å². The molecule has 0 aromatic rings. The molecule has 1 rings (SSSR count). The molecule has 82 valence electrons. The molecule has 0 spiro atoms. The zero-order valence-electron chi connectivity index (χ0n) is 8.03. The predicted molar refractivity (Wildman–Crippen MR) is 52.3 cm³/mol. The van der Waals surface area contributed by atoms with E-state index in [0.29, 0.717) is 0 Å². The van der Waals surface area contributed by atoms with E-state index in [-0.39, 0.29) is 5.92 Å². The minimum Gasteiger partial charge on any atom is -0.385 e. The molecule has 2 atom stereocenters. The number of hydrogen-bond acceptors (Lipinski definition) is 2. The lowest BCUT2D eigenvalue weighted by Crippen LogP contribution is -2.29. The van der Waals surface area contributed by atoms with Crippen molar-refractivity contribution >= 4 is 7.82 Å². The lowest BCUT2D eigenvalue weighted by molar-refractivity contribution is 0.0730. The summed E-state index contributed by atoms with van der Waals surface area (Å²) in [6, 6.07) is 0. The second kappa shape index (κ2) is 4.87. The Kier molecular flexibility index (Phi) is 4.71. The molecule has 1 aliphatic rings. The average molecular weight is 222 g/mol. The van der Waals surface area contributed by atoms with Gasteiger partial charge in [0.15, 0.2) is 0 Å². The average Bonchev–Trinajstić information content (AvgIpc) is 1.92. The second-order valence-electron chi connectivity index (χ2n) is 3.27. The molecule has 0 aliphatic heterocycles. The van der Waals surface area contributed by atoms with Gasteiger partial charge in [0.2, 0.25) is 0 Å². The summed E-state index contributed by atoms with van der Waals surface area (Å²) >= 11 is 0. The lowest BCUT2D eigenvalue weighted by atomic mass is 9.87. The van der Waals surface area contributed by atoms with Crippen molar-refractivity contribution < 1.29 is 24.4 Å². The summed E-state index contributed by atoms with van der Waals surface area (Å²) in [6.45, 7) is 3.82. The zero-order chi connectivity index (χ0) is 11.4. The number of phosphoric acid groups is 1. The van der Waals surface area contributed by atoms with Gasteiger partial charge >= 0.3 is 7.82 Å². The SMILES string of the molecule is CC1C=CC=CC1(C)O.O=P(O)(O)O. The quantitative estimate of drug-likeness (QED) is 0.449. The molecule has 0 radical (unpaired) electrons. The summed E-state index contributed by atoms with van der Waals surface area (Å²) in [6.07, 6.45) is 7.65. The van der Waals surface area contributed by atoms with Crippen LogP contribution in [0, 0.1) is 5.92 Å². The van der Waals surface area contributed by atoms with E-state index in [4.69, 9.17) is 19.2 Å². The molecule has 1 aliphatic carbocycles. The van der Waals surface area contributed by atoms with E-state index in [1.165, 1.54) is 0 Å². The number of rotatable bonds is 0. The molecule has 0 heterocycles. The molecule has 0 aromatic heterocycles. The van der Waals surface area contributed by atoms with Gasteiger partial charge in [-0.25, -0.2) is 4.57 Å². The van der Waals surface area contributed by atoms with Crippen molar-refractivity contribution in [3.63, 3.8) is 0 Å². The largest absolute Gasteiger partial charge is 0.466 e. The van der Waals surface area contributed by atoms with Gasteiger partial charge < -0.3 is 19.8 Å². The highest BCUT2D eigenvalue weighted by Crippen LogP contribution is 2.25. The van der Waals surface area contributed by atoms with Crippen molar-refractivity contribution in [2.24, 2.45) is 5.92 Å². The molecule has 0 fully saturated rings. The number of allylic oxidation sites excluding steroid dienone is 2. The van der Waals surface area contributed by atoms with Gasteiger partial charge in [0.05, 0.1) is 5.60 Å². The van der Waals surface area contributed by atoms with Gasteiger partial charge in [0, 0.05) is 5.92 Å². The van der Waals surface area contributed by atoms with Crippen LogP contribution >= 0.6 is 7.82 Å². The van der Waals surface area contributed by atoms with E-state index in [0.717, 1.165) is 0 Å². The number of aliphatic hydroxyl groups is 1. The van der Waals surface area contributed by atoms with E-state index < -0.39 is 13.4 Å². The summed E-state index contributed by atoms with van der Waals surface area (Å²) in [7, 11) is -4.64. The molecular formula is C8H15O5P. The molecule has 0 saturated carbocycles. The third-order valence-electron chi connectivity index (χ3n) is 1.87. The zero-order valence-corrected chi connectivity index (χ0v) is 8.93. The Bertz CT molecular complexity index is 267. The molecule has 0 bridgehead atoms. The fourth-order valence-corrected chi connectivity index (χ4v) is 0.828. The van der Waals surface area contributed by atoms with Crippen LogP contribution in [0.5, 0.6) is 0 Å². The standard InChI is InChI=1S/C8H12O.H3O4P/c1-7-5-3-4-6-8(7,2)9;1-5(2,3)4/h3-7,9H,1-2H3;(H3,1,2,3,4). The first kappa shape index (κ1) is 13.5. The Morgan fingerprint density at radius 3 is 1.93 bits per heavy atom. The minimum absolute atomic E-state index is 0.238. The first-order valence-corrected chi connectivity index (χ1v) is 5.56. The van der Waals surface area contributed by atoms with Crippen LogP contribution in [-0.2, 0) is 4.57 Å². The van der Waals surface area contributed by atoms with Crippen LogP contribution in [0.3, 0.4) is 0 Å². The molecule has 6 heteroatoms. The Balaban J connectivity index is 0.000000292. The summed E-state index contributed by atoms with van der Waals surface area (Å²) < 4.78 is 8.88. The first-order chi connectivity index (χ1) is 6.13. The molecule has 0 amide bonds. The predicted octanol–water partition coefficient (Wildman–Crippen LogP) is 0.571. The van der Waals surface area contributed by atoms with Gasteiger partial charge in [0.1, 0.15) is 0 Å². The summed E-state index contributed by atoms with van der Waals surface area (Å²) in [4.78, 5) is 21.6. The maximum Gasteiger partial charge on any atom is 0.466 e. The summed E-state index contributed by atoms with van der Waals surface area (Å²) in [5.41, 5.74) is -0.630. The van der Waals surface area contributed by atoms with Gasteiger partial charge in [-0.3, -0.25) is 0 Å². The number of hydrogen-bond donors (Lipinski definition) is 4. The fraction of sp³-hybridized carbons (Fsp3) is 0.500. The van der Waals surface area contributed by atoms with Crippen LogP contribution in [0.1, 0.15) is 13.8 Å². The third kappa shape index (κ3) is 7.00. The highest BCUT2D eigenvalue weighted by atomic mass is 31.2. The van der Waals surface area contributed by atoms with E-state index in [9.17, 15) is 5.11 Å². The summed E-state index contributed by atoms with van der Waals surface area (Å²) in [5, 5.41) is 9.50. The van der Waals surface area contributed by atoms with Crippen LogP contribution in [0.25, 0.3) is 0 Å². The Morgan fingerprint density at radius 1 is 1.29 bits per heavy atom. The van der Waals surface area contributed by atoms with Crippen molar-refractivity contribution in [2.45, 2.75) is 19.4 Å². The highest BCUT2D eigenvalue weighted by Gasteiger charge is 2.23. The van der Waals surface area contributed by atoms with Crippen molar-refractivity contribution in [3.05, 3.63) is 24.3 Å². The lowest BCUT2D eigenvalue weighted by Gasteiger charge is -2.26. The van der Waals surface area contributed by atoms with E-state index in [1.807, 2.05) is 38.2 Å². The molecule has 14 heavy (non-hydrogen) atoms. The first-order valence-electron chi connectivity index (χ1n) is 3.99. The Hall–Kier alpha value is -0.450. The molecule has 5 nitrogen and oxygen atoms in total. The van der Waals surface area contributed by atoms with Crippen LogP contribution in [-0.4, -0.2) is 25.4 Å². The van der Waals surface area contributed by atoms with Crippen molar-refractivity contribution in [1.82, 2.24) is 0 Å². The summed E-state index contributed by atoms with van der Waals surface area (Å²) in [5.74, 6) is 0.238. The fourth-order valence-electron chi connectivity index (χ4n) is 0.828. The molecule has 2 unspecified atom stereocenters. The van der Waals surface area contributed by atoms with Gasteiger partial charge in [-0.15, -0.1) is 0 Å². The van der Waals surface area contributed by atoms with Gasteiger partial charge in [-0.1, -0.05) is 31.2 Å². The van der Waals surface area contributed by atoms with Gasteiger partial charge in [0.25, 0.3) is 0 Å². The highest BCUT2D eigenvalue weighted by molar-refractivity contribution is 7.45. The van der Waals surface area contributed by atoms with Gasteiger partial charge in [-0.05, 0) is 6.92 Å². The Labute approximate surface area is 82.6 Å².